The summed E-state index contributed by atoms with van der Waals surface area (Å²) < 4.78 is 10.4. The number of likely N-dealkylation sites (tertiary alicyclic amines) is 2. The van der Waals surface area contributed by atoms with Gasteiger partial charge in [-0.15, -0.1) is 6.58 Å². The van der Waals surface area contributed by atoms with Crippen molar-refractivity contribution < 1.29 is 28.7 Å². The summed E-state index contributed by atoms with van der Waals surface area (Å²) in [5.41, 5.74) is 0. The Morgan fingerprint density at radius 3 is 1.81 bits per heavy atom. The molecule has 2 unspecified atom stereocenters. The normalized spacial score (nSPS) is 20.4. The van der Waals surface area contributed by atoms with E-state index in [0.29, 0.717) is 45.2 Å². The molecule has 0 radical (unpaired) electrons. The van der Waals surface area contributed by atoms with Gasteiger partial charge in [-0.3, -0.25) is 9.59 Å². The molecular formula is C24H34N2O6. The van der Waals surface area contributed by atoms with Gasteiger partial charge >= 0.3 is 11.9 Å². The Bertz CT molecular complexity index is 672. The molecule has 2 aliphatic rings. The molecule has 8 nitrogen and oxygen atoms in total. The van der Waals surface area contributed by atoms with Crippen molar-refractivity contribution in [1.82, 2.24) is 9.80 Å². The fourth-order valence-corrected chi connectivity index (χ4v) is 3.99. The number of allylic oxidation sites excluding steroid dienone is 2. The first kappa shape index (κ1) is 25.4. The van der Waals surface area contributed by atoms with Crippen LogP contribution in [0.15, 0.2) is 37.5 Å². The highest BCUT2D eigenvalue weighted by molar-refractivity contribution is 5.86. The lowest BCUT2D eigenvalue weighted by molar-refractivity contribution is -0.152. The monoisotopic (exact) mass is 446 g/mol. The first-order valence-electron chi connectivity index (χ1n) is 11.3. The third-order valence-electron chi connectivity index (χ3n) is 5.61. The van der Waals surface area contributed by atoms with E-state index in [1.54, 1.807) is 28.0 Å². The van der Waals surface area contributed by atoms with Crippen molar-refractivity contribution in [2.75, 3.05) is 26.3 Å². The molecule has 0 aliphatic carbocycles. The smallest absolute Gasteiger partial charge is 0.329 e. The van der Waals surface area contributed by atoms with Crippen LogP contribution in [0.5, 0.6) is 0 Å². The van der Waals surface area contributed by atoms with Gasteiger partial charge in [-0.2, -0.15) is 0 Å². The largest absolute Gasteiger partial charge is 0.460 e. The van der Waals surface area contributed by atoms with Crippen molar-refractivity contribution in [2.45, 2.75) is 63.5 Å². The summed E-state index contributed by atoms with van der Waals surface area (Å²) in [7, 11) is 0. The molecule has 0 aromatic carbocycles. The highest BCUT2D eigenvalue weighted by atomic mass is 16.5. The van der Waals surface area contributed by atoms with E-state index in [9.17, 15) is 19.2 Å². The second-order valence-corrected chi connectivity index (χ2v) is 7.88. The summed E-state index contributed by atoms with van der Waals surface area (Å²) in [4.78, 5) is 52.3. The number of hydrogen-bond acceptors (Lipinski definition) is 6. The van der Waals surface area contributed by atoms with Crippen LogP contribution in [0.4, 0.5) is 0 Å². The molecule has 2 heterocycles. The van der Waals surface area contributed by atoms with Crippen molar-refractivity contribution >= 4 is 23.8 Å². The molecule has 2 rings (SSSR count). The molecule has 2 atom stereocenters. The lowest BCUT2D eigenvalue weighted by Crippen LogP contribution is -2.41. The van der Waals surface area contributed by atoms with E-state index in [-0.39, 0.29) is 37.4 Å². The summed E-state index contributed by atoms with van der Waals surface area (Å²) in [6.07, 6.45) is 11.2. The van der Waals surface area contributed by atoms with E-state index in [4.69, 9.17) is 9.47 Å². The molecule has 2 fully saturated rings. The molecule has 0 bridgehead atoms. The number of carbonyl (C=O) groups excluding carboxylic acids is 4. The number of nitrogens with zero attached hydrogens (tertiary/aromatic N) is 2. The minimum Gasteiger partial charge on any atom is -0.460 e. The predicted molar refractivity (Wildman–Crippen MR) is 119 cm³/mol. The molecule has 8 heteroatoms. The van der Waals surface area contributed by atoms with Gasteiger partial charge in [0.25, 0.3) is 0 Å². The van der Waals surface area contributed by atoms with E-state index < -0.39 is 18.1 Å². The average molecular weight is 447 g/mol. The second-order valence-electron chi connectivity index (χ2n) is 7.88. The van der Waals surface area contributed by atoms with E-state index >= 15 is 0 Å². The Labute approximate surface area is 189 Å². The topological polar surface area (TPSA) is 93.2 Å². The van der Waals surface area contributed by atoms with Crippen LogP contribution in [-0.2, 0) is 28.7 Å². The molecule has 0 aromatic heterocycles. The highest BCUT2D eigenvalue weighted by Gasteiger charge is 2.35. The van der Waals surface area contributed by atoms with Gasteiger partial charge in [-0.25, -0.2) is 9.59 Å². The molecule has 0 spiro atoms. The van der Waals surface area contributed by atoms with E-state index in [1.165, 1.54) is 6.08 Å². The lowest BCUT2D eigenvalue weighted by Gasteiger charge is -2.23. The summed E-state index contributed by atoms with van der Waals surface area (Å²) in [6.45, 7) is 8.50. The number of rotatable bonds is 12. The maximum Gasteiger partial charge on any atom is 0.329 e. The Morgan fingerprint density at radius 1 is 0.750 bits per heavy atom. The first-order chi connectivity index (χ1) is 15.5. The molecule has 0 N–H and O–H groups in total. The van der Waals surface area contributed by atoms with Crippen molar-refractivity contribution in [3.63, 3.8) is 0 Å². The van der Waals surface area contributed by atoms with Gasteiger partial charge in [-0.05, 0) is 38.5 Å². The molecule has 176 valence electrons. The van der Waals surface area contributed by atoms with Gasteiger partial charge in [-0.1, -0.05) is 30.9 Å². The summed E-state index contributed by atoms with van der Waals surface area (Å²) in [6, 6.07) is -1.04. The van der Waals surface area contributed by atoms with Gasteiger partial charge in [0.2, 0.25) is 11.8 Å². The van der Waals surface area contributed by atoms with Gasteiger partial charge in [0, 0.05) is 25.9 Å². The molecule has 2 aliphatic heterocycles. The number of ether oxygens (including phenoxy) is 2. The quantitative estimate of drug-likeness (QED) is 0.338. The zero-order chi connectivity index (χ0) is 23.3. The standard InChI is InChI=1S/C24H34N2O6/c1-3-5-13-21(27)25-15-10-12-20(25)24(30)32-18-8-6-7-14-22(28)26-16-9-11-19(26)23(29)31-17-4-2/h3-4,6,8,19-20H,1-2,5,7,9-18H2/b8-6+. The number of hydrogen-bond donors (Lipinski definition) is 0. The third kappa shape index (κ3) is 7.35. The number of esters is 2. The van der Waals surface area contributed by atoms with E-state index in [0.717, 1.165) is 12.8 Å². The molecule has 0 saturated carbocycles. The van der Waals surface area contributed by atoms with Gasteiger partial charge in [0.1, 0.15) is 25.3 Å². The van der Waals surface area contributed by atoms with Crippen LogP contribution in [0.1, 0.15) is 51.4 Å². The van der Waals surface area contributed by atoms with Crippen LogP contribution in [-0.4, -0.2) is 71.9 Å². The molecular weight excluding hydrogens is 412 g/mol. The maximum absolute atomic E-state index is 12.5. The zero-order valence-corrected chi connectivity index (χ0v) is 18.7. The van der Waals surface area contributed by atoms with Crippen LogP contribution in [0.3, 0.4) is 0 Å². The van der Waals surface area contributed by atoms with Crippen LogP contribution >= 0.6 is 0 Å². The average Bonchev–Trinajstić information content (AvgIpc) is 3.47. The van der Waals surface area contributed by atoms with Gasteiger partial charge < -0.3 is 19.3 Å². The molecule has 2 saturated heterocycles. The summed E-state index contributed by atoms with van der Waals surface area (Å²) in [5, 5.41) is 0. The zero-order valence-electron chi connectivity index (χ0n) is 18.7. The SMILES string of the molecule is C=CCCC(=O)N1CCCC1C(=O)OC/C=C/CCC(=O)N1CCCC1C(=O)OCC=C. The van der Waals surface area contributed by atoms with Crippen molar-refractivity contribution in [3.8, 4) is 0 Å². The van der Waals surface area contributed by atoms with E-state index in [1.807, 2.05) is 0 Å². The number of carbonyl (C=O) groups is 4. The van der Waals surface area contributed by atoms with Crippen molar-refractivity contribution in [2.24, 2.45) is 0 Å². The fourth-order valence-electron chi connectivity index (χ4n) is 3.99. The van der Waals surface area contributed by atoms with Crippen LogP contribution in [0.25, 0.3) is 0 Å². The fraction of sp³-hybridized carbons (Fsp3) is 0.583. The van der Waals surface area contributed by atoms with Crippen LogP contribution in [0.2, 0.25) is 0 Å². The van der Waals surface area contributed by atoms with Crippen LogP contribution < -0.4 is 0 Å². The Kier molecular flexibility index (Phi) is 10.7. The Hall–Kier alpha value is -2.90. The first-order valence-corrected chi connectivity index (χ1v) is 11.3. The minimum absolute atomic E-state index is 0.0491. The Morgan fingerprint density at radius 2 is 1.28 bits per heavy atom. The summed E-state index contributed by atoms with van der Waals surface area (Å²) in [5.74, 6) is -0.924. The minimum atomic E-state index is -0.518. The van der Waals surface area contributed by atoms with Crippen LogP contribution in [0, 0.1) is 0 Å². The van der Waals surface area contributed by atoms with Gasteiger partial charge in [0.15, 0.2) is 0 Å². The van der Waals surface area contributed by atoms with Gasteiger partial charge in [0.05, 0.1) is 0 Å². The molecule has 0 aromatic rings. The maximum atomic E-state index is 12.5. The molecule has 32 heavy (non-hydrogen) atoms. The van der Waals surface area contributed by atoms with E-state index in [2.05, 4.69) is 13.2 Å². The Balaban J connectivity index is 1.69. The molecule has 2 amide bonds. The van der Waals surface area contributed by atoms with Crippen molar-refractivity contribution in [1.29, 1.82) is 0 Å². The third-order valence-corrected chi connectivity index (χ3v) is 5.61. The number of amides is 2. The summed E-state index contributed by atoms with van der Waals surface area (Å²) >= 11 is 0. The highest BCUT2D eigenvalue weighted by Crippen LogP contribution is 2.21. The lowest BCUT2D eigenvalue weighted by atomic mass is 10.2. The van der Waals surface area contributed by atoms with Crippen molar-refractivity contribution in [3.05, 3.63) is 37.5 Å². The predicted octanol–water partition coefficient (Wildman–Crippen LogP) is 2.54. The second kappa shape index (κ2) is 13.5.